The smallest absolute Gasteiger partial charge is 0.235 e. The second-order valence-electron chi connectivity index (χ2n) is 3.44. The number of para-hydroxylation sites is 1. The maximum atomic E-state index is 4.37. The van der Waals surface area contributed by atoms with Gasteiger partial charge in [0.2, 0.25) is 5.78 Å². The van der Waals surface area contributed by atoms with E-state index in [1.807, 2.05) is 53.2 Å². The second-order valence-corrected chi connectivity index (χ2v) is 3.44. The molecule has 16 heavy (non-hydrogen) atoms. The van der Waals surface area contributed by atoms with Gasteiger partial charge >= 0.3 is 0 Å². The van der Waals surface area contributed by atoms with Gasteiger partial charge < -0.3 is 5.32 Å². The molecule has 1 aromatic carbocycles. The van der Waals surface area contributed by atoms with Gasteiger partial charge in [0.1, 0.15) is 5.82 Å². The molecule has 4 heteroatoms. The summed E-state index contributed by atoms with van der Waals surface area (Å²) in [5.74, 6) is 1.49. The molecule has 78 valence electrons. The first-order chi connectivity index (χ1) is 7.92. The third kappa shape index (κ3) is 1.61. The highest BCUT2D eigenvalue weighted by Crippen LogP contribution is 2.13. The van der Waals surface area contributed by atoms with Crippen LogP contribution in [0.4, 0.5) is 11.5 Å². The lowest BCUT2D eigenvalue weighted by molar-refractivity contribution is 1.11. The van der Waals surface area contributed by atoms with Crippen molar-refractivity contribution in [1.29, 1.82) is 0 Å². The number of hydrogen-bond acceptors (Lipinski definition) is 3. The number of anilines is 2. The van der Waals surface area contributed by atoms with Crippen molar-refractivity contribution in [3.63, 3.8) is 0 Å². The minimum absolute atomic E-state index is 0.695. The zero-order valence-electron chi connectivity index (χ0n) is 8.54. The molecule has 0 amide bonds. The van der Waals surface area contributed by atoms with Gasteiger partial charge in [-0.25, -0.2) is 4.98 Å². The number of rotatable bonds is 2. The fraction of sp³-hybridized carbons (Fsp3) is 0. The predicted molar refractivity (Wildman–Crippen MR) is 62.7 cm³/mol. The lowest BCUT2D eigenvalue weighted by Crippen LogP contribution is -1.95. The van der Waals surface area contributed by atoms with Crippen LogP contribution in [0.5, 0.6) is 0 Å². The van der Waals surface area contributed by atoms with E-state index in [1.54, 1.807) is 6.20 Å². The molecule has 0 aliphatic heterocycles. The fourth-order valence-corrected chi connectivity index (χ4v) is 1.54. The molecule has 0 bridgehead atoms. The first kappa shape index (κ1) is 8.91. The molecule has 0 aliphatic carbocycles. The molecule has 0 aliphatic rings. The van der Waals surface area contributed by atoms with Crippen molar-refractivity contribution in [1.82, 2.24) is 14.4 Å². The molecule has 2 aromatic heterocycles. The molecule has 4 nitrogen and oxygen atoms in total. The summed E-state index contributed by atoms with van der Waals surface area (Å²) in [5.41, 5.74) is 1.02. The van der Waals surface area contributed by atoms with Crippen LogP contribution < -0.4 is 5.32 Å². The zero-order valence-corrected chi connectivity index (χ0v) is 8.54. The van der Waals surface area contributed by atoms with Gasteiger partial charge in [0.05, 0.1) is 0 Å². The van der Waals surface area contributed by atoms with Crippen LogP contribution in [-0.2, 0) is 0 Å². The lowest BCUT2D eigenvalue weighted by atomic mass is 10.3. The predicted octanol–water partition coefficient (Wildman–Crippen LogP) is 2.47. The number of nitrogens with zero attached hydrogens (tertiary/aromatic N) is 3. The van der Waals surface area contributed by atoms with Gasteiger partial charge in [0.25, 0.3) is 0 Å². The quantitative estimate of drug-likeness (QED) is 0.706. The zero-order chi connectivity index (χ0) is 10.8. The highest BCUT2D eigenvalue weighted by Gasteiger charge is 1.98. The van der Waals surface area contributed by atoms with Crippen LogP contribution >= 0.6 is 0 Å². The monoisotopic (exact) mass is 210 g/mol. The van der Waals surface area contributed by atoms with E-state index in [2.05, 4.69) is 15.3 Å². The van der Waals surface area contributed by atoms with Crippen molar-refractivity contribution in [3.8, 4) is 0 Å². The summed E-state index contributed by atoms with van der Waals surface area (Å²) in [6, 6.07) is 11.9. The Morgan fingerprint density at radius 1 is 1.00 bits per heavy atom. The van der Waals surface area contributed by atoms with E-state index in [9.17, 15) is 0 Å². The van der Waals surface area contributed by atoms with E-state index in [4.69, 9.17) is 0 Å². The number of imidazole rings is 1. The Kier molecular flexibility index (Phi) is 2.04. The molecule has 2 heterocycles. The van der Waals surface area contributed by atoms with E-state index >= 15 is 0 Å². The van der Waals surface area contributed by atoms with Gasteiger partial charge in [-0.2, -0.15) is 4.98 Å². The number of fused-ring (bicyclic) bond motifs is 1. The van der Waals surface area contributed by atoms with Crippen LogP contribution in [0.2, 0.25) is 0 Å². The Hall–Kier alpha value is -2.36. The summed E-state index contributed by atoms with van der Waals surface area (Å²) in [7, 11) is 0. The summed E-state index contributed by atoms with van der Waals surface area (Å²) in [6.45, 7) is 0. The molecule has 0 spiro atoms. The Morgan fingerprint density at radius 3 is 2.75 bits per heavy atom. The molecular formula is C12H10N4. The van der Waals surface area contributed by atoms with Gasteiger partial charge in [0, 0.05) is 24.3 Å². The van der Waals surface area contributed by atoms with Crippen LogP contribution in [0, 0.1) is 0 Å². The standard InChI is InChI=1S/C12H10N4/c1-2-4-10(5-3-1)14-11-6-8-16-9-7-13-12(16)15-11/h1-9H,(H,13,14,15). The molecule has 0 saturated heterocycles. The van der Waals surface area contributed by atoms with Crippen molar-refractivity contribution < 1.29 is 0 Å². The first-order valence-corrected chi connectivity index (χ1v) is 5.04. The van der Waals surface area contributed by atoms with Gasteiger partial charge in [-0.3, -0.25) is 4.40 Å². The molecule has 3 rings (SSSR count). The van der Waals surface area contributed by atoms with Crippen LogP contribution in [0.25, 0.3) is 5.78 Å². The molecular weight excluding hydrogens is 200 g/mol. The number of hydrogen-bond donors (Lipinski definition) is 1. The van der Waals surface area contributed by atoms with Crippen molar-refractivity contribution in [2.75, 3.05) is 5.32 Å². The summed E-state index contributed by atoms with van der Waals surface area (Å²) < 4.78 is 1.87. The van der Waals surface area contributed by atoms with Crippen molar-refractivity contribution in [2.24, 2.45) is 0 Å². The summed E-state index contributed by atoms with van der Waals surface area (Å²) in [5, 5.41) is 3.22. The first-order valence-electron chi connectivity index (χ1n) is 5.04. The molecule has 0 radical (unpaired) electrons. The molecule has 0 fully saturated rings. The second kappa shape index (κ2) is 3.66. The fourth-order valence-electron chi connectivity index (χ4n) is 1.54. The third-order valence-electron chi connectivity index (χ3n) is 2.31. The van der Waals surface area contributed by atoms with E-state index in [-0.39, 0.29) is 0 Å². The summed E-state index contributed by atoms with van der Waals surface area (Å²) in [6.07, 6.45) is 5.53. The molecule has 3 aromatic rings. The highest BCUT2D eigenvalue weighted by atomic mass is 15.1. The summed E-state index contributed by atoms with van der Waals surface area (Å²) >= 11 is 0. The Morgan fingerprint density at radius 2 is 1.88 bits per heavy atom. The Bertz CT molecular complexity index is 600. The van der Waals surface area contributed by atoms with E-state index in [1.165, 1.54) is 0 Å². The maximum absolute atomic E-state index is 4.37. The summed E-state index contributed by atoms with van der Waals surface area (Å²) in [4.78, 5) is 8.50. The number of nitrogens with one attached hydrogen (secondary N) is 1. The average molecular weight is 210 g/mol. The van der Waals surface area contributed by atoms with Crippen LogP contribution in [0.15, 0.2) is 55.0 Å². The maximum Gasteiger partial charge on any atom is 0.235 e. The van der Waals surface area contributed by atoms with Crippen molar-refractivity contribution in [3.05, 3.63) is 55.0 Å². The SMILES string of the molecule is c1ccc(Nc2ccn3ccnc3n2)cc1. The average Bonchev–Trinajstić information content (AvgIpc) is 2.77. The normalized spacial score (nSPS) is 10.5. The molecule has 0 unspecified atom stereocenters. The molecule has 1 N–H and O–H groups in total. The third-order valence-corrected chi connectivity index (χ3v) is 2.31. The number of aromatic nitrogens is 3. The minimum atomic E-state index is 0.695. The van der Waals surface area contributed by atoms with Crippen LogP contribution in [-0.4, -0.2) is 14.4 Å². The minimum Gasteiger partial charge on any atom is -0.340 e. The highest BCUT2D eigenvalue weighted by molar-refractivity contribution is 5.56. The van der Waals surface area contributed by atoms with Crippen LogP contribution in [0.3, 0.4) is 0 Å². The Labute approximate surface area is 92.6 Å². The van der Waals surface area contributed by atoms with Gasteiger partial charge in [-0.05, 0) is 18.2 Å². The Balaban J connectivity index is 1.94. The molecule has 0 atom stereocenters. The van der Waals surface area contributed by atoms with Crippen LogP contribution in [0.1, 0.15) is 0 Å². The largest absolute Gasteiger partial charge is 0.340 e. The van der Waals surface area contributed by atoms with Gasteiger partial charge in [0.15, 0.2) is 0 Å². The van der Waals surface area contributed by atoms with Crippen molar-refractivity contribution >= 4 is 17.3 Å². The van der Waals surface area contributed by atoms with Gasteiger partial charge in [-0.1, -0.05) is 18.2 Å². The van der Waals surface area contributed by atoms with E-state index in [0.29, 0.717) is 5.78 Å². The molecule has 0 saturated carbocycles. The van der Waals surface area contributed by atoms with Gasteiger partial charge in [-0.15, -0.1) is 0 Å². The van der Waals surface area contributed by atoms with E-state index < -0.39 is 0 Å². The van der Waals surface area contributed by atoms with Crippen molar-refractivity contribution in [2.45, 2.75) is 0 Å². The number of benzene rings is 1. The topological polar surface area (TPSA) is 42.2 Å². The lowest BCUT2D eigenvalue weighted by Gasteiger charge is -2.04. The van der Waals surface area contributed by atoms with E-state index in [0.717, 1.165) is 11.5 Å².